The smallest absolute Gasteiger partial charge is 0.271 e. The van der Waals surface area contributed by atoms with Crippen molar-refractivity contribution in [3.05, 3.63) is 57.3 Å². The lowest BCUT2D eigenvalue weighted by atomic mass is 10.1. The van der Waals surface area contributed by atoms with E-state index in [2.05, 4.69) is 10.3 Å². The maximum atomic E-state index is 12.4. The third kappa shape index (κ3) is 3.24. The monoisotopic (exact) mass is 347 g/mol. The number of carbonyl (C=O) groups is 1. The third-order valence-electron chi connectivity index (χ3n) is 3.59. The summed E-state index contributed by atoms with van der Waals surface area (Å²) in [6.07, 6.45) is 3.88. The zero-order chi connectivity index (χ0) is 17.3. The number of amides is 1. The van der Waals surface area contributed by atoms with Crippen LogP contribution in [-0.4, -0.2) is 26.4 Å². The number of nitrogens with zero attached hydrogens (tertiary/aromatic N) is 2. The Kier molecular flexibility index (Phi) is 4.50. The van der Waals surface area contributed by atoms with E-state index in [-0.39, 0.29) is 18.0 Å². The zero-order valence-electron chi connectivity index (χ0n) is 13.2. The highest BCUT2D eigenvalue weighted by molar-refractivity contribution is 7.16. The Labute approximate surface area is 141 Å². The topological polar surface area (TPSA) is 96.8 Å². The Morgan fingerprint density at radius 2 is 2.33 bits per heavy atom. The second-order valence-corrected chi connectivity index (χ2v) is 6.83. The van der Waals surface area contributed by atoms with Gasteiger partial charge in [-0.2, -0.15) is 0 Å². The number of carbonyl (C=O) groups excluding carboxylic acids is 1. The van der Waals surface area contributed by atoms with Crippen molar-refractivity contribution < 1.29 is 14.3 Å². The summed E-state index contributed by atoms with van der Waals surface area (Å²) in [7, 11) is 0. The standard InChI is InChI=1S/C16H17N3O4S/c1-9(6-12(20)13-4-3-5-23-13)18-14(21)11-7-17-16-19(15(11)22)8-10(2)24-16/h3-5,7-9,12,20H,6H2,1-2H3,(H,18,21). The van der Waals surface area contributed by atoms with Crippen LogP contribution >= 0.6 is 11.3 Å². The van der Waals surface area contributed by atoms with Crippen molar-refractivity contribution in [2.75, 3.05) is 0 Å². The van der Waals surface area contributed by atoms with Gasteiger partial charge in [-0.1, -0.05) is 0 Å². The van der Waals surface area contributed by atoms with Gasteiger partial charge in [-0.15, -0.1) is 11.3 Å². The molecule has 3 rings (SSSR count). The van der Waals surface area contributed by atoms with Crippen molar-refractivity contribution >= 4 is 22.2 Å². The summed E-state index contributed by atoms with van der Waals surface area (Å²) in [5, 5.41) is 12.8. The Balaban J connectivity index is 1.72. The van der Waals surface area contributed by atoms with Gasteiger partial charge in [0.1, 0.15) is 17.4 Å². The number of rotatable bonds is 5. The summed E-state index contributed by atoms with van der Waals surface area (Å²) in [6, 6.07) is 3.01. The first-order valence-corrected chi connectivity index (χ1v) is 8.27. The van der Waals surface area contributed by atoms with Crippen LogP contribution in [0.4, 0.5) is 0 Å². The lowest BCUT2D eigenvalue weighted by Crippen LogP contribution is -2.37. The Morgan fingerprint density at radius 3 is 3.04 bits per heavy atom. The second kappa shape index (κ2) is 6.58. The van der Waals surface area contributed by atoms with Crippen molar-refractivity contribution in [3.63, 3.8) is 0 Å². The van der Waals surface area contributed by atoms with E-state index in [1.54, 1.807) is 25.3 Å². The number of fused-ring (bicyclic) bond motifs is 1. The molecule has 8 heteroatoms. The van der Waals surface area contributed by atoms with Crippen molar-refractivity contribution in [1.82, 2.24) is 14.7 Å². The van der Waals surface area contributed by atoms with E-state index in [0.29, 0.717) is 10.7 Å². The Morgan fingerprint density at radius 1 is 1.54 bits per heavy atom. The first-order valence-electron chi connectivity index (χ1n) is 7.46. The average Bonchev–Trinajstić information content (AvgIpc) is 3.16. The molecule has 0 aromatic carbocycles. The number of thiazole rings is 1. The lowest BCUT2D eigenvalue weighted by molar-refractivity contribution is 0.0901. The molecule has 3 heterocycles. The molecule has 3 aromatic heterocycles. The molecular formula is C16H17N3O4S. The minimum absolute atomic E-state index is 0.0235. The largest absolute Gasteiger partial charge is 0.467 e. The summed E-state index contributed by atoms with van der Waals surface area (Å²) in [6.45, 7) is 3.62. The summed E-state index contributed by atoms with van der Waals surface area (Å²) in [5.74, 6) is -0.0714. The van der Waals surface area contributed by atoms with E-state index in [0.717, 1.165) is 4.88 Å². The van der Waals surface area contributed by atoms with Crippen molar-refractivity contribution in [2.45, 2.75) is 32.4 Å². The van der Waals surface area contributed by atoms with Gasteiger partial charge in [0.15, 0.2) is 4.96 Å². The Bertz CT molecular complexity index is 913. The lowest BCUT2D eigenvalue weighted by Gasteiger charge is -2.16. The predicted octanol–water partition coefficient (Wildman–Crippen LogP) is 1.90. The second-order valence-electron chi connectivity index (χ2n) is 5.61. The van der Waals surface area contributed by atoms with Crippen LogP contribution in [0.3, 0.4) is 0 Å². The average molecular weight is 347 g/mol. The number of aryl methyl sites for hydroxylation is 1. The van der Waals surface area contributed by atoms with Gasteiger partial charge in [-0.05, 0) is 26.0 Å². The van der Waals surface area contributed by atoms with E-state index < -0.39 is 17.6 Å². The number of furan rings is 1. The molecule has 2 N–H and O–H groups in total. The fraction of sp³-hybridized carbons (Fsp3) is 0.312. The quantitative estimate of drug-likeness (QED) is 0.735. The van der Waals surface area contributed by atoms with Gasteiger partial charge in [0, 0.05) is 29.7 Å². The zero-order valence-corrected chi connectivity index (χ0v) is 14.0. The van der Waals surface area contributed by atoms with Crippen molar-refractivity contribution in [2.24, 2.45) is 0 Å². The molecule has 3 aromatic rings. The molecule has 0 saturated heterocycles. The molecule has 2 unspecified atom stereocenters. The van der Waals surface area contributed by atoms with Crippen LogP contribution < -0.4 is 10.9 Å². The van der Waals surface area contributed by atoms with E-state index in [1.165, 1.54) is 28.2 Å². The third-order valence-corrected chi connectivity index (χ3v) is 4.51. The Hall–Kier alpha value is -2.45. The number of nitrogens with one attached hydrogen (secondary N) is 1. The van der Waals surface area contributed by atoms with Gasteiger partial charge < -0.3 is 14.8 Å². The van der Waals surface area contributed by atoms with Crippen LogP contribution in [0, 0.1) is 6.92 Å². The highest BCUT2D eigenvalue weighted by atomic mass is 32.1. The van der Waals surface area contributed by atoms with Crippen LogP contribution in [-0.2, 0) is 0 Å². The molecule has 1 amide bonds. The highest BCUT2D eigenvalue weighted by Gasteiger charge is 2.19. The summed E-state index contributed by atoms with van der Waals surface area (Å²) in [5.41, 5.74) is -0.426. The number of aromatic nitrogens is 2. The summed E-state index contributed by atoms with van der Waals surface area (Å²) in [4.78, 5) is 30.3. The van der Waals surface area contributed by atoms with Gasteiger partial charge in [0.05, 0.1) is 6.26 Å². The minimum Gasteiger partial charge on any atom is -0.467 e. The molecule has 0 bridgehead atoms. The molecule has 0 fully saturated rings. The van der Waals surface area contributed by atoms with Crippen LogP contribution in [0.1, 0.15) is 40.4 Å². The number of aliphatic hydroxyl groups is 1. The predicted molar refractivity (Wildman–Crippen MR) is 89.3 cm³/mol. The molecule has 0 spiro atoms. The summed E-state index contributed by atoms with van der Waals surface area (Å²) < 4.78 is 6.50. The normalized spacial score (nSPS) is 13.8. The summed E-state index contributed by atoms with van der Waals surface area (Å²) >= 11 is 1.38. The highest BCUT2D eigenvalue weighted by Crippen LogP contribution is 2.18. The van der Waals surface area contributed by atoms with E-state index in [4.69, 9.17) is 4.42 Å². The van der Waals surface area contributed by atoms with Crippen molar-refractivity contribution in [1.29, 1.82) is 0 Å². The molecule has 0 aliphatic carbocycles. The maximum absolute atomic E-state index is 12.4. The van der Waals surface area contributed by atoms with E-state index in [9.17, 15) is 14.7 Å². The molecular weight excluding hydrogens is 330 g/mol. The number of aliphatic hydroxyl groups excluding tert-OH is 1. The first kappa shape index (κ1) is 16.4. The minimum atomic E-state index is -0.823. The van der Waals surface area contributed by atoms with Crippen molar-refractivity contribution in [3.8, 4) is 0 Å². The van der Waals surface area contributed by atoms with Gasteiger partial charge in [0.2, 0.25) is 0 Å². The number of hydrogen-bond donors (Lipinski definition) is 2. The van der Waals surface area contributed by atoms with E-state index in [1.807, 2.05) is 6.92 Å². The first-order chi connectivity index (χ1) is 11.5. The van der Waals surface area contributed by atoms with Gasteiger partial charge >= 0.3 is 0 Å². The molecule has 0 saturated carbocycles. The molecule has 0 aliphatic rings. The van der Waals surface area contributed by atoms with Gasteiger partial charge in [-0.25, -0.2) is 4.98 Å². The molecule has 0 aliphatic heterocycles. The maximum Gasteiger partial charge on any atom is 0.271 e. The van der Waals surface area contributed by atoms with Gasteiger partial charge in [-0.3, -0.25) is 14.0 Å². The van der Waals surface area contributed by atoms with Crippen LogP contribution in [0.5, 0.6) is 0 Å². The van der Waals surface area contributed by atoms with Gasteiger partial charge in [0.25, 0.3) is 11.5 Å². The SMILES string of the molecule is Cc1cn2c(=O)c(C(=O)NC(C)CC(O)c3ccco3)cnc2s1. The molecule has 126 valence electrons. The fourth-order valence-electron chi connectivity index (χ4n) is 2.44. The van der Waals surface area contributed by atoms with Crippen LogP contribution in [0.25, 0.3) is 4.96 Å². The molecule has 0 radical (unpaired) electrons. The molecule has 7 nitrogen and oxygen atoms in total. The fourth-order valence-corrected chi connectivity index (χ4v) is 3.23. The van der Waals surface area contributed by atoms with Crippen LogP contribution in [0.2, 0.25) is 0 Å². The van der Waals surface area contributed by atoms with E-state index >= 15 is 0 Å². The molecule has 2 atom stereocenters. The number of hydrogen-bond acceptors (Lipinski definition) is 6. The van der Waals surface area contributed by atoms with Crippen LogP contribution in [0.15, 0.2) is 40.0 Å². The molecule has 24 heavy (non-hydrogen) atoms.